The normalized spacial score (nSPS) is 18.0. The summed E-state index contributed by atoms with van der Waals surface area (Å²) in [5.74, 6) is -6.94. The molecule has 468 valence electrons. The van der Waals surface area contributed by atoms with Gasteiger partial charge < -0.3 is 75.5 Å². The summed E-state index contributed by atoms with van der Waals surface area (Å²) < 4.78 is 43.7. The summed E-state index contributed by atoms with van der Waals surface area (Å²) in [4.78, 5) is 158. The monoisotopic (exact) mass is 1220 g/mol. The number of cyclic esters (lactones) is 1. The summed E-state index contributed by atoms with van der Waals surface area (Å²) in [6.07, 6.45) is 3.75. The minimum Gasteiger partial charge on any atom is -0.458 e. The van der Waals surface area contributed by atoms with Crippen LogP contribution in [0.1, 0.15) is 84.9 Å². The molecule has 2 aromatic heterocycles. The molecule has 0 bridgehead atoms. The first-order valence-electron chi connectivity index (χ1n) is 28.7. The number of likely N-dealkylation sites (tertiary alicyclic amines) is 1. The molecule has 1 saturated heterocycles. The van der Waals surface area contributed by atoms with Crippen molar-refractivity contribution in [1.29, 1.82) is 0 Å². The summed E-state index contributed by atoms with van der Waals surface area (Å²) >= 11 is 0. The summed E-state index contributed by atoms with van der Waals surface area (Å²) in [6.45, 7) is 2.82. The molecule has 0 unspecified atom stereocenters. The number of carbonyl (C=O) groups excluding carboxylic acids is 11. The van der Waals surface area contributed by atoms with E-state index in [0.29, 0.717) is 83.4 Å². The SMILES string of the molecule is CC[C@]1(O)C(=O)OCc2c1cc1n(c2=O)Cc2c-1nc1cc(F)c(C)c3c1c2[C@H](NC(=O)[C@@H]1CCCN1C(=O)CNC(=O)CNC(=O)CNC(=O)CNC(=O)CNC(=O)CCOCCOCCOCCOCCNC(=O)CCN1C(=O)C=CC1=O)CC3. The Kier molecular flexibility index (Phi) is 22.0. The van der Waals surface area contributed by atoms with E-state index < -0.39 is 121 Å². The Hall–Kier alpha value is -8.58. The maximum absolute atomic E-state index is 15.5. The third-order valence-corrected chi connectivity index (χ3v) is 15.4. The van der Waals surface area contributed by atoms with E-state index in [4.69, 9.17) is 28.7 Å². The number of esters is 1. The van der Waals surface area contributed by atoms with Gasteiger partial charge in [-0.2, -0.15) is 0 Å². The number of pyridine rings is 2. The van der Waals surface area contributed by atoms with E-state index in [1.165, 1.54) is 15.5 Å². The predicted octanol–water partition coefficient (Wildman–Crippen LogP) is -2.91. The summed E-state index contributed by atoms with van der Waals surface area (Å²) in [5.41, 5.74) is 1.07. The molecule has 5 aliphatic rings. The topological polar surface area (TPSA) is 380 Å². The number of fused-ring (bicyclic) bond motifs is 5. The van der Waals surface area contributed by atoms with E-state index in [-0.39, 0.29) is 109 Å². The smallest absolute Gasteiger partial charge is 0.343 e. The van der Waals surface area contributed by atoms with Crippen LogP contribution in [0.4, 0.5) is 4.39 Å². The summed E-state index contributed by atoms with van der Waals surface area (Å²) in [7, 11) is 0. The number of imide groups is 1. The Morgan fingerprint density at radius 2 is 1.29 bits per heavy atom. The number of hydrogen-bond donors (Lipinski definition) is 8. The second kappa shape index (κ2) is 29.7. The number of aromatic nitrogens is 2. The Labute approximate surface area is 497 Å². The van der Waals surface area contributed by atoms with Gasteiger partial charge in [-0.3, -0.25) is 57.6 Å². The lowest BCUT2D eigenvalue weighted by Gasteiger charge is -2.32. The molecule has 1 aromatic carbocycles. The standard InChI is InChI=1S/C57H70FN11O18/c1-3-57(82)36-23-41-53-34(30-69(41)55(80)35(36)31-87-56(57)81)52-38(7-6-33-32(2)37(58)24-39(65-53)51(33)52)66-54(79)40-5-4-13-67(40)50(78)29-64-47(75)28-63-46(74)27-62-45(73)26-61-44(72)25-60-43(71)11-15-83-17-19-85-21-22-86-20-18-84-16-12-59-42(70)10-14-68-48(76)8-9-49(68)77/h8-9,23-24,38,40,82H,3-7,10-22,25-31H2,1-2H3,(H,59,70)(H,60,71)(H,61,72)(H,62,73)(H,63,74)(H,64,75)(H,66,79)/t38-,40+,57-/m1/s1. The number of aryl methyl sites for hydroxylation is 1. The molecule has 3 aromatic rings. The van der Waals surface area contributed by atoms with Crippen LogP contribution in [0.15, 0.2) is 29.1 Å². The molecule has 8 rings (SSSR count). The Balaban J connectivity index is 0.663. The highest BCUT2D eigenvalue weighted by Gasteiger charge is 2.46. The van der Waals surface area contributed by atoms with Crippen LogP contribution in [0.3, 0.4) is 0 Å². The molecule has 4 aliphatic heterocycles. The number of aliphatic hydroxyl groups is 1. The fraction of sp³-hybridized carbons (Fsp3) is 0.526. The molecule has 87 heavy (non-hydrogen) atoms. The maximum atomic E-state index is 15.5. The highest BCUT2D eigenvalue weighted by molar-refractivity contribution is 6.13. The van der Waals surface area contributed by atoms with Crippen LogP contribution in [0.25, 0.3) is 22.3 Å². The Morgan fingerprint density at radius 3 is 1.91 bits per heavy atom. The number of hydrogen-bond acceptors (Lipinski definition) is 19. The van der Waals surface area contributed by atoms with Crippen LogP contribution in [0.2, 0.25) is 0 Å². The molecule has 29 nitrogen and oxygen atoms in total. The minimum atomic E-state index is -2.07. The molecule has 8 N–H and O–H groups in total. The van der Waals surface area contributed by atoms with Crippen molar-refractivity contribution in [2.45, 2.75) is 89.6 Å². The second-order valence-corrected chi connectivity index (χ2v) is 21.0. The van der Waals surface area contributed by atoms with Crippen molar-refractivity contribution >= 4 is 75.9 Å². The molecule has 10 amide bonds. The molecular weight excluding hydrogens is 1150 g/mol. The van der Waals surface area contributed by atoms with Crippen molar-refractivity contribution in [2.75, 3.05) is 105 Å². The number of benzene rings is 1. The Bertz CT molecular complexity index is 3300. The van der Waals surface area contributed by atoms with Gasteiger partial charge in [-0.15, -0.1) is 0 Å². The highest BCUT2D eigenvalue weighted by Crippen LogP contribution is 2.46. The average molecular weight is 1220 g/mol. The van der Waals surface area contributed by atoms with Gasteiger partial charge in [0, 0.05) is 67.2 Å². The van der Waals surface area contributed by atoms with Gasteiger partial charge in [0.15, 0.2) is 5.60 Å². The predicted molar refractivity (Wildman–Crippen MR) is 300 cm³/mol. The van der Waals surface area contributed by atoms with Crippen LogP contribution < -0.4 is 42.8 Å². The molecule has 6 heterocycles. The molecule has 0 radical (unpaired) electrons. The summed E-state index contributed by atoms with van der Waals surface area (Å²) in [6, 6.07) is 1.31. The largest absolute Gasteiger partial charge is 0.458 e. The molecule has 0 spiro atoms. The van der Waals surface area contributed by atoms with Gasteiger partial charge in [-0.05, 0) is 61.8 Å². The minimum absolute atomic E-state index is 0.00521. The van der Waals surface area contributed by atoms with Crippen molar-refractivity contribution in [2.24, 2.45) is 0 Å². The van der Waals surface area contributed by atoms with Crippen LogP contribution in [-0.2, 0) is 102 Å². The van der Waals surface area contributed by atoms with Crippen molar-refractivity contribution in [1.82, 2.24) is 56.6 Å². The van der Waals surface area contributed by atoms with Gasteiger partial charge >= 0.3 is 5.97 Å². The number of nitrogens with one attached hydrogen (secondary N) is 7. The second-order valence-electron chi connectivity index (χ2n) is 21.0. The fourth-order valence-electron chi connectivity index (χ4n) is 10.8. The van der Waals surface area contributed by atoms with E-state index in [9.17, 15) is 62.6 Å². The lowest BCUT2D eigenvalue weighted by molar-refractivity contribution is -0.172. The van der Waals surface area contributed by atoms with Crippen LogP contribution in [0.5, 0.6) is 0 Å². The first-order chi connectivity index (χ1) is 41.8. The number of carbonyl (C=O) groups is 11. The molecular formula is C57H70FN11O18. The quantitative estimate of drug-likeness (QED) is 0.0142. The van der Waals surface area contributed by atoms with Crippen molar-refractivity contribution in [3.05, 3.63) is 73.8 Å². The number of ether oxygens (including phenoxy) is 5. The average Bonchev–Trinajstić information content (AvgIpc) is 1.66. The molecule has 1 fully saturated rings. The third kappa shape index (κ3) is 15.7. The van der Waals surface area contributed by atoms with Gasteiger partial charge in [-0.25, -0.2) is 14.2 Å². The zero-order valence-corrected chi connectivity index (χ0v) is 48.2. The van der Waals surface area contributed by atoms with E-state index >= 15 is 4.39 Å². The first-order valence-corrected chi connectivity index (χ1v) is 28.7. The van der Waals surface area contributed by atoms with E-state index in [1.807, 2.05) is 0 Å². The number of amides is 10. The van der Waals surface area contributed by atoms with Gasteiger partial charge in [0.05, 0.1) is 121 Å². The fourth-order valence-corrected chi connectivity index (χ4v) is 10.8. The molecule has 0 saturated carbocycles. The molecule has 3 atom stereocenters. The van der Waals surface area contributed by atoms with E-state index in [2.05, 4.69) is 37.2 Å². The van der Waals surface area contributed by atoms with Gasteiger partial charge in [0.1, 0.15) is 18.5 Å². The van der Waals surface area contributed by atoms with Gasteiger partial charge in [0.2, 0.25) is 47.3 Å². The summed E-state index contributed by atoms with van der Waals surface area (Å²) in [5, 5.41) is 29.6. The number of rotatable bonds is 31. The van der Waals surface area contributed by atoms with Gasteiger partial charge in [-0.1, -0.05) is 6.92 Å². The van der Waals surface area contributed by atoms with Crippen LogP contribution in [-0.4, -0.2) is 201 Å². The molecule has 30 heteroatoms. The highest BCUT2D eigenvalue weighted by atomic mass is 19.1. The molecule has 1 aliphatic carbocycles. The number of halogens is 1. The van der Waals surface area contributed by atoms with E-state index in [1.54, 1.807) is 19.9 Å². The first kappa shape index (κ1) is 64.4. The maximum Gasteiger partial charge on any atom is 0.343 e. The van der Waals surface area contributed by atoms with Gasteiger partial charge in [0.25, 0.3) is 17.4 Å². The lowest BCUT2D eigenvalue weighted by atomic mass is 9.81. The van der Waals surface area contributed by atoms with Crippen molar-refractivity contribution < 1.29 is 85.9 Å². The Morgan fingerprint density at radius 1 is 0.713 bits per heavy atom. The van der Waals surface area contributed by atoms with E-state index in [0.717, 1.165) is 17.1 Å². The lowest BCUT2D eigenvalue weighted by Crippen LogP contribution is -2.50. The number of nitrogens with zero attached hydrogens (tertiary/aromatic N) is 4. The van der Waals surface area contributed by atoms with Crippen LogP contribution in [0, 0.1) is 12.7 Å². The zero-order chi connectivity index (χ0) is 62.4. The zero-order valence-electron chi connectivity index (χ0n) is 48.2. The van der Waals surface area contributed by atoms with Crippen molar-refractivity contribution in [3.8, 4) is 11.4 Å². The van der Waals surface area contributed by atoms with Crippen molar-refractivity contribution in [3.63, 3.8) is 0 Å². The van der Waals surface area contributed by atoms with Crippen LogP contribution >= 0.6 is 0 Å². The third-order valence-electron chi connectivity index (χ3n) is 15.4.